The molecule has 0 bridgehead atoms. The molecule has 0 atom stereocenters. The van der Waals surface area contributed by atoms with Crippen molar-refractivity contribution in [3.63, 3.8) is 0 Å². The smallest absolute Gasteiger partial charge is 0.347 e. The molecule has 0 radical (unpaired) electrons. The van der Waals surface area contributed by atoms with Crippen LogP contribution in [0, 0.1) is 0 Å². The van der Waals surface area contributed by atoms with Crippen LogP contribution in [0.2, 0.25) is 20.1 Å². The SMILES string of the molecule is O=C(Oc1c(Cl)cc(Cl)cc1Sc1cc(Cl)cc(Cl)c1O)c1ccccc1O. The third-order valence-electron chi connectivity index (χ3n) is 3.51. The molecule has 0 saturated heterocycles. The highest BCUT2D eigenvalue weighted by atomic mass is 35.5. The molecule has 0 amide bonds. The molecule has 3 aromatic rings. The van der Waals surface area contributed by atoms with Gasteiger partial charge >= 0.3 is 5.97 Å². The van der Waals surface area contributed by atoms with Crippen LogP contribution < -0.4 is 4.74 Å². The van der Waals surface area contributed by atoms with Gasteiger partial charge in [-0.05, 0) is 36.4 Å². The molecule has 0 spiro atoms. The lowest BCUT2D eigenvalue weighted by Crippen LogP contribution is -2.09. The maximum atomic E-state index is 12.5. The molecule has 0 heterocycles. The predicted octanol–water partition coefficient (Wildman–Crippen LogP) is 7.08. The summed E-state index contributed by atoms with van der Waals surface area (Å²) < 4.78 is 5.41. The van der Waals surface area contributed by atoms with E-state index in [0.29, 0.717) is 19.8 Å². The summed E-state index contributed by atoms with van der Waals surface area (Å²) in [7, 11) is 0. The molecule has 0 aliphatic heterocycles. The molecule has 0 saturated carbocycles. The maximum absolute atomic E-state index is 12.5. The quantitative estimate of drug-likeness (QED) is 0.311. The predicted molar refractivity (Wildman–Crippen MR) is 112 cm³/mol. The zero-order chi connectivity index (χ0) is 20.4. The zero-order valence-corrected chi connectivity index (χ0v) is 17.6. The number of esters is 1. The van der Waals surface area contributed by atoms with E-state index in [1.165, 1.54) is 36.4 Å². The van der Waals surface area contributed by atoms with Gasteiger partial charge in [0.1, 0.15) is 17.1 Å². The van der Waals surface area contributed by atoms with Gasteiger partial charge in [-0.1, -0.05) is 70.3 Å². The Balaban J connectivity index is 2.01. The van der Waals surface area contributed by atoms with Crippen molar-refractivity contribution in [3.05, 3.63) is 74.2 Å². The van der Waals surface area contributed by atoms with E-state index in [1.807, 2.05) is 0 Å². The van der Waals surface area contributed by atoms with E-state index in [4.69, 9.17) is 51.1 Å². The summed E-state index contributed by atoms with van der Waals surface area (Å²) in [4.78, 5) is 13.1. The Hall–Kier alpha value is -1.76. The maximum Gasteiger partial charge on any atom is 0.347 e. The van der Waals surface area contributed by atoms with Gasteiger partial charge in [-0.25, -0.2) is 4.79 Å². The van der Waals surface area contributed by atoms with E-state index in [0.717, 1.165) is 11.8 Å². The Morgan fingerprint density at radius 1 is 0.857 bits per heavy atom. The Morgan fingerprint density at radius 2 is 1.46 bits per heavy atom. The first-order valence-corrected chi connectivity index (χ1v) is 9.94. The van der Waals surface area contributed by atoms with E-state index in [2.05, 4.69) is 0 Å². The number of hydrogen-bond donors (Lipinski definition) is 2. The lowest BCUT2D eigenvalue weighted by Gasteiger charge is -2.14. The van der Waals surface area contributed by atoms with Crippen molar-refractivity contribution in [1.29, 1.82) is 0 Å². The Labute approximate surface area is 184 Å². The number of para-hydroxylation sites is 1. The van der Waals surface area contributed by atoms with E-state index in [-0.39, 0.29) is 32.9 Å². The van der Waals surface area contributed by atoms with E-state index < -0.39 is 5.97 Å². The average molecular weight is 476 g/mol. The van der Waals surface area contributed by atoms with Gasteiger partial charge in [-0.3, -0.25) is 0 Å². The molecule has 0 aliphatic rings. The fourth-order valence-corrected chi connectivity index (χ4v) is 4.57. The van der Waals surface area contributed by atoms with Gasteiger partial charge in [0.05, 0.1) is 19.8 Å². The van der Waals surface area contributed by atoms with Crippen molar-refractivity contribution < 1.29 is 19.7 Å². The van der Waals surface area contributed by atoms with Gasteiger partial charge in [-0.15, -0.1) is 0 Å². The van der Waals surface area contributed by atoms with Gasteiger partial charge in [0.15, 0.2) is 5.75 Å². The highest BCUT2D eigenvalue weighted by Crippen LogP contribution is 2.46. The van der Waals surface area contributed by atoms with Gasteiger partial charge in [0, 0.05) is 10.0 Å². The summed E-state index contributed by atoms with van der Waals surface area (Å²) in [5.74, 6) is -1.21. The first-order chi connectivity index (χ1) is 13.3. The molecule has 9 heteroatoms. The van der Waals surface area contributed by atoms with Crippen molar-refractivity contribution in [2.75, 3.05) is 0 Å². The first-order valence-electron chi connectivity index (χ1n) is 7.61. The van der Waals surface area contributed by atoms with Crippen molar-refractivity contribution in [3.8, 4) is 17.2 Å². The molecule has 0 aromatic heterocycles. The molecule has 3 aromatic carbocycles. The highest BCUT2D eigenvalue weighted by Gasteiger charge is 2.20. The summed E-state index contributed by atoms with van der Waals surface area (Å²) in [6.07, 6.45) is 0. The number of hydrogen-bond acceptors (Lipinski definition) is 5. The molecule has 4 nitrogen and oxygen atoms in total. The number of carbonyl (C=O) groups excluding carboxylic acids is 1. The van der Waals surface area contributed by atoms with E-state index in [1.54, 1.807) is 12.1 Å². The number of carbonyl (C=O) groups is 1. The molecular weight excluding hydrogens is 466 g/mol. The second kappa shape index (κ2) is 8.72. The highest BCUT2D eigenvalue weighted by molar-refractivity contribution is 7.99. The van der Waals surface area contributed by atoms with Crippen LogP contribution in [-0.2, 0) is 0 Å². The number of ether oxygens (including phenoxy) is 1. The van der Waals surface area contributed by atoms with E-state index in [9.17, 15) is 15.0 Å². The Kier molecular flexibility index (Phi) is 6.53. The summed E-state index contributed by atoms with van der Waals surface area (Å²) in [6.45, 7) is 0. The van der Waals surface area contributed by atoms with Crippen LogP contribution in [0.5, 0.6) is 17.2 Å². The molecule has 28 heavy (non-hydrogen) atoms. The summed E-state index contributed by atoms with van der Waals surface area (Å²) >= 11 is 25.3. The van der Waals surface area contributed by atoms with Crippen LogP contribution in [0.1, 0.15) is 10.4 Å². The minimum absolute atomic E-state index is 0.0137. The number of rotatable bonds is 4. The Bertz CT molecular complexity index is 1070. The Morgan fingerprint density at radius 3 is 2.14 bits per heavy atom. The van der Waals surface area contributed by atoms with Gasteiger partial charge in [-0.2, -0.15) is 0 Å². The molecular formula is C19H10Cl4O4S. The fourth-order valence-electron chi connectivity index (χ4n) is 2.24. The van der Waals surface area contributed by atoms with Gasteiger partial charge in [0.25, 0.3) is 0 Å². The molecule has 3 rings (SSSR count). The normalized spacial score (nSPS) is 10.7. The largest absolute Gasteiger partial charge is 0.507 e. The number of benzene rings is 3. The van der Waals surface area contributed by atoms with Crippen molar-refractivity contribution in [1.82, 2.24) is 0 Å². The molecule has 0 aliphatic carbocycles. The minimum atomic E-state index is -0.808. The van der Waals surface area contributed by atoms with Crippen LogP contribution in [0.4, 0.5) is 0 Å². The van der Waals surface area contributed by atoms with Gasteiger partial charge in [0.2, 0.25) is 0 Å². The standard InChI is InChI=1S/C19H10Cl4O4S/c20-9-5-12(22)17(25)15(7-9)28-16-8-10(21)6-13(23)18(16)27-19(26)11-3-1-2-4-14(11)24/h1-8,24-25H. The third kappa shape index (κ3) is 4.62. The first kappa shape index (κ1) is 21.0. The number of phenols is 2. The molecule has 2 N–H and O–H groups in total. The second-order valence-corrected chi connectivity index (χ2v) is 8.23. The molecule has 0 fully saturated rings. The van der Waals surface area contributed by atoms with Gasteiger partial charge < -0.3 is 14.9 Å². The average Bonchev–Trinajstić information content (AvgIpc) is 2.62. The lowest BCUT2D eigenvalue weighted by molar-refractivity contribution is 0.0727. The summed E-state index contributed by atoms with van der Waals surface area (Å²) in [5, 5.41) is 20.8. The van der Waals surface area contributed by atoms with Crippen LogP contribution in [0.3, 0.4) is 0 Å². The third-order valence-corrected chi connectivity index (χ3v) is 5.57. The van der Waals surface area contributed by atoms with Crippen LogP contribution in [-0.4, -0.2) is 16.2 Å². The monoisotopic (exact) mass is 474 g/mol. The van der Waals surface area contributed by atoms with Crippen LogP contribution in [0.25, 0.3) is 0 Å². The fraction of sp³-hybridized carbons (Fsp3) is 0. The van der Waals surface area contributed by atoms with Crippen molar-refractivity contribution >= 4 is 64.1 Å². The van der Waals surface area contributed by atoms with Crippen LogP contribution in [0.15, 0.2) is 58.3 Å². The van der Waals surface area contributed by atoms with Crippen LogP contribution >= 0.6 is 58.2 Å². The minimum Gasteiger partial charge on any atom is -0.507 e. The lowest BCUT2D eigenvalue weighted by atomic mass is 10.2. The molecule has 144 valence electrons. The summed E-state index contributed by atoms with van der Waals surface area (Å²) in [6, 6.07) is 11.8. The number of aromatic hydroxyl groups is 2. The zero-order valence-electron chi connectivity index (χ0n) is 13.7. The van der Waals surface area contributed by atoms with Crippen molar-refractivity contribution in [2.24, 2.45) is 0 Å². The molecule has 0 unspecified atom stereocenters. The topological polar surface area (TPSA) is 66.8 Å². The number of halogens is 4. The van der Waals surface area contributed by atoms with Crippen molar-refractivity contribution in [2.45, 2.75) is 9.79 Å². The number of phenolic OH excluding ortho intramolecular Hbond substituents is 2. The van der Waals surface area contributed by atoms with E-state index >= 15 is 0 Å². The second-order valence-electron chi connectivity index (χ2n) is 5.46. The summed E-state index contributed by atoms with van der Waals surface area (Å²) in [5.41, 5.74) is -0.0295.